The van der Waals surface area contributed by atoms with E-state index in [1.807, 2.05) is 65.0 Å². The number of nitrogens with zero attached hydrogens (tertiary/aromatic N) is 2. The number of hydrogen-bond acceptors (Lipinski definition) is 3. The summed E-state index contributed by atoms with van der Waals surface area (Å²) in [6, 6.07) is 14.8. The molecule has 4 rings (SSSR count). The molecule has 1 aromatic heterocycles. The summed E-state index contributed by atoms with van der Waals surface area (Å²) in [5.41, 5.74) is 6.98. The Kier molecular flexibility index (Phi) is 5.30. The van der Waals surface area contributed by atoms with Gasteiger partial charge in [-0.15, -0.1) is 0 Å². The maximum atomic E-state index is 13.3. The van der Waals surface area contributed by atoms with Crippen LogP contribution in [0.25, 0.3) is 11.8 Å². The number of imide groups is 2. The molecule has 32 heavy (non-hydrogen) atoms. The lowest BCUT2D eigenvalue weighted by Crippen LogP contribution is -2.54. The van der Waals surface area contributed by atoms with Crippen molar-refractivity contribution in [1.29, 1.82) is 0 Å². The molecule has 2 aromatic carbocycles. The van der Waals surface area contributed by atoms with E-state index in [4.69, 9.17) is 0 Å². The quantitative estimate of drug-likeness (QED) is 0.487. The number of rotatable bonds is 3. The van der Waals surface area contributed by atoms with Crippen LogP contribution < -0.4 is 10.2 Å². The predicted molar refractivity (Wildman–Crippen MR) is 125 cm³/mol. The molecule has 1 aliphatic heterocycles. The molecule has 6 heteroatoms. The maximum absolute atomic E-state index is 13.3. The Morgan fingerprint density at radius 2 is 1.44 bits per heavy atom. The largest absolute Gasteiger partial charge is 0.335 e. The summed E-state index contributed by atoms with van der Waals surface area (Å²) >= 11 is 0. The van der Waals surface area contributed by atoms with Crippen molar-refractivity contribution >= 4 is 29.6 Å². The van der Waals surface area contributed by atoms with Crippen molar-refractivity contribution in [3.63, 3.8) is 0 Å². The third-order valence-corrected chi connectivity index (χ3v) is 5.60. The van der Waals surface area contributed by atoms with E-state index in [-0.39, 0.29) is 5.57 Å². The molecule has 1 N–H and O–H groups in total. The first kappa shape index (κ1) is 21.3. The summed E-state index contributed by atoms with van der Waals surface area (Å²) in [7, 11) is 0. The standard InChI is InChI=1S/C26H25N3O3/c1-15-7-6-8-21(10-15)28-18(4)13-20(19(28)5)14-23-24(30)27-26(32)29(25(23)31)22-11-16(2)9-17(3)12-22/h6-14H,1-5H3,(H,27,30,32)/b23-14+. The van der Waals surface area contributed by atoms with Crippen LogP contribution >= 0.6 is 0 Å². The SMILES string of the molecule is Cc1cc(C)cc(N2C(=O)NC(=O)/C(=C\c3cc(C)n(-c4cccc(C)c4)c3C)C2=O)c1. The Hall–Kier alpha value is -3.93. The van der Waals surface area contributed by atoms with E-state index < -0.39 is 17.8 Å². The third-order valence-electron chi connectivity index (χ3n) is 5.60. The lowest BCUT2D eigenvalue weighted by Gasteiger charge is -2.27. The molecular formula is C26H25N3O3. The number of amides is 4. The van der Waals surface area contributed by atoms with Crippen molar-refractivity contribution in [2.45, 2.75) is 34.6 Å². The van der Waals surface area contributed by atoms with Gasteiger partial charge in [0.2, 0.25) is 0 Å². The molecule has 0 unspecified atom stereocenters. The van der Waals surface area contributed by atoms with Gasteiger partial charge in [0, 0.05) is 17.1 Å². The minimum absolute atomic E-state index is 0.0757. The number of carbonyl (C=O) groups is 3. The Labute approximate surface area is 187 Å². The van der Waals surface area contributed by atoms with E-state index in [9.17, 15) is 14.4 Å². The van der Waals surface area contributed by atoms with E-state index in [0.29, 0.717) is 5.69 Å². The number of aromatic nitrogens is 1. The van der Waals surface area contributed by atoms with Gasteiger partial charge in [-0.05, 0) is 93.3 Å². The van der Waals surface area contributed by atoms with E-state index in [1.165, 1.54) is 0 Å². The van der Waals surface area contributed by atoms with Gasteiger partial charge in [0.05, 0.1) is 5.69 Å². The van der Waals surface area contributed by atoms with Gasteiger partial charge in [-0.25, -0.2) is 9.69 Å². The van der Waals surface area contributed by atoms with Crippen molar-refractivity contribution in [2.75, 3.05) is 4.90 Å². The first-order valence-electron chi connectivity index (χ1n) is 10.4. The summed E-state index contributed by atoms with van der Waals surface area (Å²) in [6.45, 7) is 9.74. The lowest BCUT2D eigenvalue weighted by atomic mass is 10.1. The fourth-order valence-electron chi connectivity index (χ4n) is 4.23. The van der Waals surface area contributed by atoms with E-state index in [0.717, 1.165) is 44.2 Å². The van der Waals surface area contributed by atoms with Crippen LogP contribution in [-0.2, 0) is 9.59 Å². The van der Waals surface area contributed by atoms with Crippen LogP contribution in [-0.4, -0.2) is 22.4 Å². The van der Waals surface area contributed by atoms with Crippen LogP contribution in [0, 0.1) is 34.6 Å². The Bertz CT molecular complexity index is 1290. The van der Waals surface area contributed by atoms with Crippen LogP contribution in [0.2, 0.25) is 0 Å². The monoisotopic (exact) mass is 427 g/mol. The van der Waals surface area contributed by atoms with Gasteiger partial charge < -0.3 is 4.57 Å². The first-order chi connectivity index (χ1) is 15.2. The average molecular weight is 428 g/mol. The molecule has 1 aliphatic rings. The minimum atomic E-state index is -0.743. The van der Waals surface area contributed by atoms with Crippen LogP contribution in [0.1, 0.15) is 33.6 Å². The normalized spacial score (nSPS) is 15.5. The highest BCUT2D eigenvalue weighted by molar-refractivity contribution is 6.39. The van der Waals surface area contributed by atoms with Gasteiger partial charge in [-0.3, -0.25) is 14.9 Å². The van der Waals surface area contributed by atoms with E-state index in [1.54, 1.807) is 18.2 Å². The molecular weight excluding hydrogens is 402 g/mol. The molecule has 4 amide bonds. The number of hydrogen-bond donors (Lipinski definition) is 1. The van der Waals surface area contributed by atoms with Gasteiger partial charge >= 0.3 is 6.03 Å². The molecule has 0 aliphatic carbocycles. The number of anilines is 1. The molecule has 1 saturated heterocycles. The number of carbonyl (C=O) groups excluding carboxylic acids is 3. The number of benzene rings is 2. The Morgan fingerprint density at radius 1 is 0.781 bits per heavy atom. The van der Waals surface area contributed by atoms with Crippen LogP contribution in [0.15, 0.2) is 54.1 Å². The second kappa shape index (κ2) is 7.96. The van der Waals surface area contributed by atoms with Gasteiger partial charge in [0.25, 0.3) is 11.8 Å². The molecule has 0 radical (unpaired) electrons. The van der Waals surface area contributed by atoms with Crippen molar-refractivity contribution in [3.05, 3.63) is 87.7 Å². The molecule has 1 fully saturated rings. The predicted octanol–water partition coefficient (Wildman–Crippen LogP) is 4.69. The highest BCUT2D eigenvalue weighted by Gasteiger charge is 2.37. The first-order valence-corrected chi connectivity index (χ1v) is 10.4. The van der Waals surface area contributed by atoms with Crippen LogP contribution in [0.5, 0.6) is 0 Å². The Morgan fingerprint density at radius 3 is 2.09 bits per heavy atom. The van der Waals surface area contributed by atoms with Crippen LogP contribution in [0.4, 0.5) is 10.5 Å². The van der Waals surface area contributed by atoms with E-state index in [2.05, 4.69) is 16.0 Å². The average Bonchev–Trinajstić information content (AvgIpc) is 2.97. The highest BCUT2D eigenvalue weighted by Crippen LogP contribution is 2.27. The van der Waals surface area contributed by atoms with Crippen molar-refractivity contribution in [2.24, 2.45) is 0 Å². The topological polar surface area (TPSA) is 71.4 Å². The summed E-state index contributed by atoms with van der Waals surface area (Å²) in [5, 5.41) is 2.30. The fourth-order valence-corrected chi connectivity index (χ4v) is 4.23. The molecule has 162 valence electrons. The lowest BCUT2D eigenvalue weighted by molar-refractivity contribution is -0.122. The van der Waals surface area contributed by atoms with Gasteiger partial charge in [0.15, 0.2) is 0 Å². The van der Waals surface area contributed by atoms with Gasteiger partial charge in [0.1, 0.15) is 5.57 Å². The van der Waals surface area contributed by atoms with Crippen molar-refractivity contribution < 1.29 is 14.4 Å². The molecule has 0 saturated carbocycles. The summed E-state index contributed by atoms with van der Waals surface area (Å²) < 4.78 is 2.08. The molecule has 0 spiro atoms. The highest BCUT2D eigenvalue weighted by atomic mass is 16.2. The van der Waals surface area contributed by atoms with Gasteiger partial charge in [-0.1, -0.05) is 18.2 Å². The third kappa shape index (κ3) is 3.75. The van der Waals surface area contributed by atoms with Crippen molar-refractivity contribution in [1.82, 2.24) is 9.88 Å². The molecule has 3 aromatic rings. The van der Waals surface area contributed by atoms with Gasteiger partial charge in [-0.2, -0.15) is 0 Å². The molecule has 2 heterocycles. The smallest absolute Gasteiger partial charge is 0.318 e. The zero-order chi connectivity index (χ0) is 23.2. The molecule has 6 nitrogen and oxygen atoms in total. The summed E-state index contributed by atoms with van der Waals surface area (Å²) in [6.07, 6.45) is 1.56. The zero-order valence-corrected chi connectivity index (χ0v) is 18.8. The molecule has 0 atom stereocenters. The van der Waals surface area contributed by atoms with Crippen LogP contribution in [0.3, 0.4) is 0 Å². The zero-order valence-electron chi connectivity index (χ0n) is 18.8. The molecule has 0 bridgehead atoms. The number of aryl methyl sites for hydroxylation is 4. The number of nitrogens with one attached hydrogen (secondary N) is 1. The second-order valence-electron chi connectivity index (χ2n) is 8.30. The Balaban J connectivity index is 1.78. The van der Waals surface area contributed by atoms with Crippen molar-refractivity contribution in [3.8, 4) is 5.69 Å². The van der Waals surface area contributed by atoms with E-state index >= 15 is 0 Å². The fraction of sp³-hybridized carbons (Fsp3) is 0.192. The summed E-state index contributed by atoms with van der Waals surface area (Å²) in [5.74, 6) is -1.33. The summed E-state index contributed by atoms with van der Waals surface area (Å²) in [4.78, 5) is 39.4. The number of urea groups is 1. The minimum Gasteiger partial charge on any atom is -0.318 e. The second-order valence-corrected chi connectivity index (χ2v) is 8.30. The maximum Gasteiger partial charge on any atom is 0.335 e. The number of barbiturate groups is 1.